The summed E-state index contributed by atoms with van der Waals surface area (Å²) in [6, 6.07) is -3.86. The van der Waals surface area contributed by atoms with Crippen LogP contribution in [-0.4, -0.2) is 70.5 Å². The number of rotatable bonds is 14. The van der Waals surface area contributed by atoms with Crippen molar-refractivity contribution in [1.29, 1.82) is 0 Å². The number of aliphatic carboxylic acids is 2. The molecule has 0 aromatic heterocycles. The van der Waals surface area contributed by atoms with Crippen LogP contribution in [-0.2, 0) is 28.8 Å². The Morgan fingerprint density at radius 3 is 1.93 bits per heavy atom. The summed E-state index contributed by atoms with van der Waals surface area (Å²) in [7, 11) is 0. The minimum absolute atomic E-state index is 0.202. The van der Waals surface area contributed by atoms with Crippen LogP contribution in [0.3, 0.4) is 0 Å². The van der Waals surface area contributed by atoms with E-state index in [0.29, 0.717) is 6.42 Å². The molecule has 170 valence electrons. The molecule has 0 radical (unpaired) electrons. The highest BCUT2D eigenvalue weighted by Crippen LogP contribution is 2.07. The maximum Gasteiger partial charge on any atom is 0.322 e. The smallest absolute Gasteiger partial charge is 0.322 e. The van der Waals surface area contributed by atoms with E-state index in [9.17, 15) is 28.8 Å². The lowest BCUT2D eigenvalue weighted by Crippen LogP contribution is -2.57. The van der Waals surface area contributed by atoms with Crippen molar-refractivity contribution in [2.45, 2.75) is 57.7 Å². The number of hydrogen-bond acceptors (Lipinski definition) is 7. The number of carbonyl (C=O) groups is 6. The van der Waals surface area contributed by atoms with Crippen molar-refractivity contribution in [1.82, 2.24) is 16.0 Å². The largest absolute Gasteiger partial charge is 0.481 e. The van der Waals surface area contributed by atoms with E-state index in [0.717, 1.165) is 0 Å². The molecule has 0 fully saturated rings. The van der Waals surface area contributed by atoms with Gasteiger partial charge in [-0.3, -0.25) is 28.8 Å². The minimum Gasteiger partial charge on any atom is -0.481 e. The number of hydrogen-bond donors (Lipinski definition) is 7. The first kappa shape index (κ1) is 26.8. The summed E-state index contributed by atoms with van der Waals surface area (Å²) in [5, 5.41) is 24.1. The molecule has 0 heterocycles. The molecule has 0 aliphatic heterocycles. The molecule has 4 unspecified atom stereocenters. The maximum atomic E-state index is 12.6. The van der Waals surface area contributed by atoms with Gasteiger partial charge >= 0.3 is 11.9 Å². The molecule has 0 aliphatic rings. The zero-order valence-electron chi connectivity index (χ0n) is 16.8. The number of nitrogens with one attached hydrogen (secondary N) is 3. The monoisotopic (exact) mass is 431 g/mol. The molecular formula is C17H29N5O8. The predicted molar refractivity (Wildman–Crippen MR) is 103 cm³/mol. The van der Waals surface area contributed by atoms with Crippen molar-refractivity contribution >= 4 is 35.6 Å². The maximum absolute atomic E-state index is 12.6. The van der Waals surface area contributed by atoms with Crippen LogP contribution in [0.2, 0.25) is 0 Å². The van der Waals surface area contributed by atoms with Crippen LogP contribution >= 0.6 is 0 Å². The van der Waals surface area contributed by atoms with Gasteiger partial charge in [-0.2, -0.15) is 0 Å². The number of carboxylic acid groups (broad SMARTS) is 2. The van der Waals surface area contributed by atoms with E-state index >= 15 is 0 Å². The predicted octanol–water partition coefficient (Wildman–Crippen LogP) is -2.73. The van der Waals surface area contributed by atoms with Gasteiger partial charge in [0.15, 0.2) is 0 Å². The molecule has 0 aromatic carbocycles. The van der Waals surface area contributed by atoms with Gasteiger partial charge in [0.2, 0.25) is 23.6 Å². The summed E-state index contributed by atoms with van der Waals surface area (Å²) in [6.45, 7) is 2.77. The molecule has 13 heteroatoms. The van der Waals surface area contributed by atoms with E-state index in [1.54, 1.807) is 6.92 Å². The Kier molecular flexibility index (Phi) is 11.7. The summed E-state index contributed by atoms with van der Waals surface area (Å²) in [5.74, 6) is -6.39. The number of nitrogens with two attached hydrogens (primary N) is 2. The number of primary amides is 1. The van der Waals surface area contributed by atoms with Crippen LogP contribution in [0.4, 0.5) is 0 Å². The van der Waals surface area contributed by atoms with Crippen LogP contribution in [0.5, 0.6) is 0 Å². The third-order valence-corrected chi connectivity index (χ3v) is 4.30. The molecule has 0 spiro atoms. The Morgan fingerprint density at radius 1 is 0.900 bits per heavy atom. The van der Waals surface area contributed by atoms with Crippen LogP contribution in [0.15, 0.2) is 0 Å². The fraction of sp³-hybridized carbons (Fsp3) is 0.647. The van der Waals surface area contributed by atoms with E-state index in [-0.39, 0.29) is 18.8 Å². The number of amides is 4. The van der Waals surface area contributed by atoms with Gasteiger partial charge < -0.3 is 37.6 Å². The summed E-state index contributed by atoms with van der Waals surface area (Å²) >= 11 is 0. The third kappa shape index (κ3) is 10.4. The molecule has 13 nitrogen and oxygen atoms in total. The van der Waals surface area contributed by atoms with Gasteiger partial charge in [0, 0.05) is 6.42 Å². The molecule has 0 rings (SSSR count). The Bertz CT molecular complexity index is 669. The summed E-state index contributed by atoms with van der Waals surface area (Å²) in [6.07, 6.45) is -0.723. The van der Waals surface area contributed by atoms with Crippen molar-refractivity contribution < 1.29 is 39.0 Å². The molecule has 0 aromatic rings. The topological polar surface area (TPSA) is 231 Å². The third-order valence-electron chi connectivity index (χ3n) is 4.30. The quantitative estimate of drug-likeness (QED) is 0.151. The van der Waals surface area contributed by atoms with Crippen molar-refractivity contribution in [3.63, 3.8) is 0 Å². The second kappa shape index (κ2) is 13.1. The van der Waals surface area contributed by atoms with E-state index < -0.39 is 66.7 Å². The average molecular weight is 431 g/mol. The molecule has 0 bridgehead atoms. The fourth-order valence-corrected chi connectivity index (χ4v) is 2.28. The minimum atomic E-state index is -1.61. The molecule has 9 N–H and O–H groups in total. The molecule has 0 saturated heterocycles. The summed E-state index contributed by atoms with van der Waals surface area (Å²) < 4.78 is 0. The van der Waals surface area contributed by atoms with Gasteiger partial charge in [0.25, 0.3) is 0 Å². The van der Waals surface area contributed by atoms with Crippen LogP contribution in [0.1, 0.15) is 39.5 Å². The number of carboxylic acids is 2. The summed E-state index contributed by atoms with van der Waals surface area (Å²) in [5.41, 5.74) is 10.9. The highest BCUT2D eigenvalue weighted by Gasteiger charge is 2.30. The van der Waals surface area contributed by atoms with Gasteiger partial charge in [0.1, 0.15) is 18.6 Å². The second-order valence-electron chi connectivity index (χ2n) is 6.75. The van der Waals surface area contributed by atoms with Crippen LogP contribution < -0.4 is 27.4 Å². The van der Waals surface area contributed by atoms with Crippen molar-refractivity contribution in [3.8, 4) is 0 Å². The normalized spacial score (nSPS) is 14.5. The summed E-state index contributed by atoms with van der Waals surface area (Å²) in [4.78, 5) is 69.6. The van der Waals surface area contributed by atoms with E-state index in [2.05, 4.69) is 10.6 Å². The Labute approximate surface area is 172 Å². The van der Waals surface area contributed by atoms with Crippen LogP contribution in [0, 0.1) is 5.92 Å². The Balaban J connectivity index is 5.37. The SMILES string of the molecule is CCC(C)C(N)C(=O)NC(CCC(N)=O)C(=O)NC(CC(=O)O)C(=O)NCC(=O)O. The van der Waals surface area contributed by atoms with Gasteiger partial charge in [-0.05, 0) is 12.3 Å². The zero-order chi connectivity index (χ0) is 23.4. The molecule has 30 heavy (non-hydrogen) atoms. The molecule has 0 aliphatic carbocycles. The van der Waals surface area contributed by atoms with E-state index in [1.807, 2.05) is 12.2 Å². The van der Waals surface area contributed by atoms with Gasteiger partial charge in [-0.25, -0.2) is 0 Å². The van der Waals surface area contributed by atoms with E-state index in [1.165, 1.54) is 0 Å². The average Bonchev–Trinajstić information content (AvgIpc) is 2.66. The molecular weight excluding hydrogens is 402 g/mol. The standard InChI is InChI=1S/C17H29N5O8/c1-3-8(2)14(19)17(30)21-9(4-5-11(18)23)16(29)22-10(6-12(24)25)15(28)20-7-13(26)27/h8-10,14H,3-7,19H2,1-2H3,(H2,18,23)(H,20,28)(H,21,30)(H,22,29)(H,24,25)(H,26,27). The highest BCUT2D eigenvalue weighted by atomic mass is 16.4. The van der Waals surface area contributed by atoms with Crippen molar-refractivity contribution in [2.75, 3.05) is 6.54 Å². The fourth-order valence-electron chi connectivity index (χ4n) is 2.28. The Hall–Kier alpha value is -3.22. The molecule has 0 saturated carbocycles. The van der Waals surface area contributed by atoms with Gasteiger partial charge in [0.05, 0.1) is 12.5 Å². The Morgan fingerprint density at radius 2 is 1.47 bits per heavy atom. The second-order valence-corrected chi connectivity index (χ2v) is 6.75. The first-order valence-electron chi connectivity index (χ1n) is 9.24. The van der Waals surface area contributed by atoms with Crippen molar-refractivity contribution in [2.24, 2.45) is 17.4 Å². The van der Waals surface area contributed by atoms with Gasteiger partial charge in [-0.1, -0.05) is 20.3 Å². The molecule has 4 atom stereocenters. The van der Waals surface area contributed by atoms with E-state index in [4.69, 9.17) is 21.7 Å². The first-order chi connectivity index (χ1) is 13.9. The lowest BCUT2D eigenvalue weighted by atomic mass is 9.98. The number of carbonyl (C=O) groups excluding carboxylic acids is 4. The zero-order valence-corrected chi connectivity index (χ0v) is 16.8. The molecule has 4 amide bonds. The van der Waals surface area contributed by atoms with Crippen LogP contribution in [0.25, 0.3) is 0 Å². The lowest BCUT2D eigenvalue weighted by Gasteiger charge is -2.24. The first-order valence-corrected chi connectivity index (χ1v) is 9.24. The van der Waals surface area contributed by atoms with Crippen molar-refractivity contribution in [3.05, 3.63) is 0 Å². The van der Waals surface area contributed by atoms with Gasteiger partial charge in [-0.15, -0.1) is 0 Å². The highest BCUT2D eigenvalue weighted by molar-refractivity contribution is 5.95. The lowest BCUT2D eigenvalue weighted by molar-refractivity contribution is -0.141.